The van der Waals surface area contributed by atoms with Gasteiger partial charge in [0, 0.05) is 0 Å². The summed E-state index contributed by atoms with van der Waals surface area (Å²) in [6, 6.07) is 30.7. The van der Waals surface area contributed by atoms with Gasteiger partial charge in [-0.05, 0) is 0 Å². The minimum Gasteiger partial charge on any atom is -1.00 e. The van der Waals surface area contributed by atoms with Crippen LogP contribution >= 0.6 is 0 Å². The van der Waals surface area contributed by atoms with Crippen molar-refractivity contribution < 1.29 is 46.1 Å². The number of allylic oxidation sites excluding steroid dienone is 4. The fourth-order valence-corrected chi connectivity index (χ4v) is 17.7. The fraction of sp³-hybridized carbons (Fsp3) is 0.408. The molecule has 0 saturated heterocycles. The smallest absolute Gasteiger partial charge is 1.00 e. The summed E-state index contributed by atoms with van der Waals surface area (Å²) in [5.74, 6) is 0.493. The molecule has 52 heavy (non-hydrogen) atoms. The van der Waals surface area contributed by atoms with Crippen LogP contribution < -0.4 is 28.1 Å². The number of unbranched alkanes of at least 4 members (excludes halogenated alkanes) is 1. The van der Waals surface area contributed by atoms with Crippen molar-refractivity contribution in [2.24, 2.45) is 11.3 Å². The van der Waals surface area contributed by atoms with Crippen LogP contribution in [0.3, 0.4) is 0 Å². The summed E-state index contributed by atoms with van der Waals surface area (Å²) < 4.78 is 5.14. The largest absolute Gasteiger partial charge is 1.00 e. The molecule has 4 aromatic rings. The molecule has 3 heteroatoms. The first-order valence-corrected chi connectivity index (χ1v) is 22.8. The molecule has 2 aliphatic rings. The topological polar surface area (TPSA) is 0 Å². The van der Waals surface area contributed by atoms with Crippen molar-refractivity contribution in [2.75, 3.05) is 0 Å². The third-order valence-corrected chi connectivity index (χ3v) is 19.4. The van der Waals surface area contributed by atoms with Crippen LogP contribution in [0.2, 0.25) is 0 Å². The van der Waals surface area contributed by atoms with Crippen LogP contribution in [0.15, 0.2) is 99.9 Å². The molecule has 0 spiro atoms. The van der Waals surface area contributed by atoms with Gasteiger partial charge in [0.05, 0.1) is 0 Å². The number of benzene rings is 4. The van der Waals surface area contributed by atoms with E-state index in [9.17, 15) is 0 Å². The quantitative estimate of drug-likeness (QED) is 0.173. The zero-order valence-corrected chi connectivity index (χ0v) is 37.8. The number of aryl methyl sites for hydroxylation is 1. The van der Waals surface area contributed by atoms with Gasteiger partial charge in [-0.1, -0.05) is 0 Å². The van der Waals surface area contributed by atoms with E-state index in [1.807, 2.05) is 0 Å². The van der Waals surface area contributed by atoms with Gasteiger partial charge in [0.25, 0.3) is 0 Å². The predicted octanol–water partition coefficient (Wildman–Crippen LogP) is 6.67. The maximum Gasteiger partial charge on any atom is -1.00 e. The molecule has 0 fully saturated rings. The molecule has 0 heterocycles. The van der Waals surface area contributed by atoms with E-state index in [2.05, 4.69) is 174 Å². The molecule has 0 radical (unpaired) electrons. The Morgan fingerprint density at radius 1 is 0.692 bits per heavy atom. The third kappa shape index (κ3) is 8.34. The molecular formula is C49H60Cl2Zr. The average Bonchev–Trinajstić information content (AvgIpc) is 3.63. The number of hydrogen-bond donors (Lipinski definition) is 0. The Labute approximate surface area is 336 Å². The minimum atomic E-state index is -2.98. The Bertz CT molecular complexity index is 1970. The average molecular weight is 811 g/mol. The van der Waals surface area contributed by atoms with E-state index in [0.29, 0.717) is 5.92 Å². The van der Waals surface area contributed by atoms with E-state index in [-0.39, 0.29) is 41.1 Å². The summed E-state index contributed by atoms with van der Waals surface area (Å²) in [5.41, 5.74) is 16.7. The summed E-state index contributed by atoms with van der Waals surface area (Å²) >= 11 is -2.98. The Morgan fingerprint density at radius 2 is 1.23 bits per heavy atom. The van der Waals surface area contributed by atoms with Crippen LogP contribution in [0.4, 0.5) is 0 Å². The molecule has 4 aromatic carbocycles. The van der Waals surface area contributed by atoms with Crippen molar-refractivity contribution in [3.05, 3.63) is 144 Å². The van der Waals surface area contributed by atoms with Gasteiger partial charge in [-0.2, -0.15) is 0 Å². The van der Waals surface area contributed by atoms with Gasteiger partial charge >= 0.3 is 314 Å². The summed E-state index contributed by atoms with van der Waals surface area (Å²) in [6.45, 7) is 28.8. The van der Waals surface area contributed by atoms with Crippen molar-refractivity contribution in [3.63, 3.8) is 0 Å². The van der Waals surface area contributed by atoms with E-state index in [1.54, 1.807) is 20.9 Å². The molecular weight excluding hydrogens is 751 g/mol. The molecule has 0 saturated carbocycles. The Morgan fingerprint density at radius 3 is 1.73 bits per heavy atom. The van der Waals surface area contributed by atoms with Crippen LogP contribution in [-0.2, 0) is 38.5 Å². The maximum atomic E-state index is 2.72. The Balaban J connectivity index is 0.00000302. The molecule has 0 bridgehead atoms. The Hall–Kier alpha value is -2.31. The van der Waals surface area contributed by atoms with Crippen LogP contribution in [0.1, 0.15) is 133 Å². The van der Waals surface area contributed by atoms with Gasteiger partial charge < -0.3 is 24.8 Å². The molecule has 0 nitrogen and oxygen atoms in total. The van der Waals surface area contributed by atoms with Gasteiger partial charge in [-0.25, -0.2) is 0 Å². The van der Waals surface area contributed by atoms with Gasteiger partial charge in [-0.3, -0.25) is 0 Å². The first-order valence-electron chi connectivity index (χ1n) is 19.1. The molecule has 0 amide bonds. The normalized spacial score (nSPS) is 15.0. The molecule has 0 aliphatic heterocycles. The second kappa shape index (κ2) is 16.2. The van der Waals surface area contributed by atoms with E-state index in [1.165, 1.54) is 69.3 Å². The third-order valence-electron chi connectivity index (χ3n) is 11.2. The standard InChI is InChI=1S/C23H29.C13H10.C13H21.2ClH.Zr/c1-14-9-16-11-17-10-15(2)21(23(6,7)8)13-19(17)18(16)12-20(14)22(3,4)5;1-3-7-12(8-4-1)11-13-9-5-2-6-10-13;1-5-6-7-11-8-9-12(10-11)13(2,3)4;;;/h9,12-13H,11H2,1-8H3;1-10H;9-11H,5-7H2,1-4H3;2*1H;/q;;;;;+2/p-2. The van der Waals surface area contributed by atoms with E-state index in [4.69, 9.17) is 0 Å². The van der Waals surface area contributed by atoms with Gasteiger partial charge in [0.2, 0.25) is 0 Å². The Kier molecular flexibility index (Phi) is 13.2. The maximum absolute atomic E-state index is 2.98. The molecule has 1 unspecified atom stereocenters. The number of halogens is 2. The number of rotatable bonds is 7. The summed E-state index contributed by atoms with van der Waals surface area (Å²) in [6.07, 6.45) is 10.2. The number of hydrogen-bond acceptors (Lipinski definition) is 0. The number of fused-ring (bicyclic) bond motifs is 3. The summed E-state index contributed by atoms with van der Waals surface area (Å²) in [5, 5.41) is 0. The molecule has 6 rings (SSSR count). The van der Waals surface area contributed by atoms with Gasteiger partial charge in [0.15, 0.2) is 0 Å². The van der Waals surface area contributed by atoms with Crippen LogP contribution in [-0.4, -0.2) is 3.21 Å². The monoisotopic (exact) mass is 808 g/mol. The van der Waals surface area contributed by atoms with Crippen molar-refractivity contribution in [3.8, 4) is 11.1 Å². The molecule has 274 valence electrons. The zero-order valence-electron chi connectivity index (χ0n) is 33.8. The molecule has 2 aliphatic carbocycles. The van der Waals surface area contributed by atoms with Crippen molar-refractivity contribution in [1.82, 2.24) is 0 Å². The SMILES string of the molecule is CCCCC1C=C(C(C)(C)C)C=[C]1[Zr+2](=[C](c1ccccc1)c1ccccc1)[c]1c(C)c(C(C)(C)C)cc2c1Cc1cc(C)c(C(C)(C)C)cc1-2.[Cl-].[Cl-]. The van der Waals surface area contributed by atoms with Crippen molar-refractivity contribution in [1.29, 1.82) is 0 Å². The van der Waals surface area contributed by atoms with Crippen LogP contribution in [0.25, 0.3) is 11.1 Å². The van der Waals surface area contributed by atoms with Crippen molar-refractivity contribution in [2.45, 2.75) is 120 Å². The summed E-state index contributed by atoms with van der Waals surface area (Å²) in [4.78, 5) is 0. The first-order chi connectivity index (χ1) is 23.5. The second-order valence-corrected chi connectivity index (χ2v) is 23.9. The van der Waals surface area contributed by atoms with E-state index < -0.39 is 21.3 Å². The molecule has 1 atom stereocenters. The molecule has 0 aromatic heterocycles. The van der Waals surface area contributed by atoms with Gasteiger partial charge in [0.1, 0.15) is 0 Å². The zero-order chi connectivity index (χ0) is 36.2. The van der Waals surface area contributed by atoms with Crippen LogP contribution in [0, 0.1) is 25.2 Å². The fourth-order valence-electron chi connectivity index (χ4n) is 8.63. The second-order valence-electron chi connectivity index (χ2n) is 18.2. The van der Waals surface area contributed by atoms with E-state index in [0.717, 1.165) is 6.42 Å². The minimum absolute atomic E-state index is 0. The van der Waals surface area contributed by atoms with Crippen LogP contribution in [0.5, 0.6) is 0 Å². The summed E-state index contributed by atoms with van der Waals surface area (Å²) in [7, 11) is 0. The molecule has 0 N–H and O–H groups in total. The first kappa shape index (κ1) is 42.4. The predicted molar refractivity (Wildman–Crippen MR) is 216 cm³/mol. The van der Waals surface area contributed by atoms with Crippen molar-refractivity contribution >= 4 is 6.48 Å². The van der Waals surface area contributed by atoms with Gasteiger partial charge in [-0.15, -0.1) is 0 Å². The van der Waals surface area contributed by atoms with E-state index >= 15 is 0 Å².